The highest BCUT2D eigenvalue weighted by Gasteiger charge is 2.30. The molecule has 25 heavy (non-hydrogen) atoms. The summed E-state index contributed by atoms with van der Waals surface area (Å²) in [6.07, 6.45) is 1.40. The number of hydrogen-bond donors (Lipinski definition) is 1. The van der Waals surface area contributed by atoms with E-state index in [1.165, 1.54) is 13.1 Å². The van der Waals surface area contributed by atoms with Crippen molar-refractivity contribution in [3.8, 4) is 11.6 Å². The van der Waals surface area contributed by atoms with Crippen molar-refractivity contribution in [3.63, 3.8) is 0 Å². The Kier molecular flexibility index (Phi) is 6.02. The van der Waals surface area contributed by atoms with Crippen LogP contribution in [0.15, 0.2) is 42.6 Å². The SMILES string of the molecule is CC(C)S(=O)(=O)C(C)C(=O)Nc1ccc(Oc2ccc(Cl)cc2)nc1. The minimum absolute atomic E-state index is 0.336. The zero-order valence-corrected chi connectivity index (χ0v) is 15.6. The molecule has 0 saturated carbocycles. The molecule has 0 spiro atoms. The highest BCUT2D eigenvalue weighted by molar-refractivity contribution is 7.93. The van der Waals surface area contributed by atoms with Gasteiger partial charge >= 0.3 is 0 Å². The van der Waals surface area contributed by atoms with Gasteiger partial charge in [0.15, 0.2) is 9.84 Å². The third-order valence-electron chi connectivity index (χ3n) is 3.56. The number of aromatic nitrogens is 1. The summed E-state index contributed by atoms with van der Waals surface area (Å²) in [4.78, 5) is 16.2. The molecule has 8 heteroatoms. The lowest BCUT2D eigenvalue weighted by atomic mass is 10.3. The topological polar surface area (TPSA) is 85.4 Å². The van der Waals surface area contributed by atoms with Crippen LogP contribution in [0, 0.1) is 0 Å². The smallest absolute Gasteiger partial charge is 0.242 e. The maximum atomic E-state index is 12.1. The van der Waals surface area contributed by atoms with Gasteiger partial charge in [0.25, 0.3) is 0 Å². The second-order valence-corrected chi connectivity index (χ2v) is 8.97. The summed E-state index contributed by atoms with van der Waals surface area (Å²) in [7, 11) is -3.52. The minimum Gasteiger partial charge on any atom is -0.439 e. The van der Waals surface area contributed by atoms with E-state index in [1.54, 1.807) is 50.2 Å². The van der Waals surface area contributed by atoms with Crippen molar-refractivity contribution < 1.29 is 17.9 Å². The summed E-state index contributed by atoms with van der Waals surface area (Å²) < 4.78 is 29.6. The normalized spacial score (nSPS) is 12.7. The van der Waals surface area contributed by atoms with Crippen LogP contribution in [0.5, 0.6) is 11.6 Å². The van der Waals surface area contributed by atoms with Crippen molar-refractivity contribution in [2.45, 2.75) is 31.3 Å². The number of ether oxygens (including phenoxy) is 1. The summed E-state index contributed by atoms with van der Waals surface area (Å²) in [5.74, 6) is 0.315. The molecule has 1 aromatic heterocycles. The van der Waals surface area contributed by atoms with E-state index >= 15 is 0 Å². The molecule has 1 heterocycles. The standard InChI is InChI=1S/C17H19ClN2O4S/c1-11(2)25(22,23)12(3)17(21)20-14-6-9-16(19-10-14)24-15-7-4-13(18)5-8-15/h4-12H,1-3H3,(H,20,21). The molecule has 2 rings (SSSR count). The van der Waals surface area contributed by atoms with Crippen LogP contribution in [0.25, 0.3) is 0 Å². The van der Waals surface area contributed by atoms with E-state index in [2.05, 4.69) is 10.3 Å². The van der Waals surface area contributed by atoms with E-state index in [0.29, 0.717) is 22.3 Å². The van der Waals surface area contributed by atoms with Crippen molar-refractivity contribution in [1.82, 2.24) is 4.98 Å². The quantitative estimate of drug-likeness (QED) is 0.823. The van der Waals surface area contributed by atoms with E-state index in [9.17, 15) is 13.2 Å². The van der Waals surface area contributed by atoms with Gasteiger partial charge in [0.2, 0.25) is 11.8 Å². The fraction of sp³-hybridized carbons (Fsp3) is 0.294. The van der Waals surface area contributed by atoms with Gasteiger partial charge in [-0.05, 0) is 51.1 Å². The zero-order chi connectivity index (χ0) is 18.6. The van der Waals surface area contributed by atoms with Crippen molar-refractivity contribution in [2.75, 3.05) is 5.32 Å². The molecule has 6 nitrogen and oxygen atoms in total. The molecule has 0 fully saturated rings. The Morgan fingerprint density at radius 2 is 1.76 bits per heavy atom. The number of amides is 1. The number of nitrogens with one attached hydrogen (secondary N) is 1. The van der Waals surface area contributed by atoms with E-state index < -0.39 is 26.2 Å². The van der Waals surface area contributed by atoms with E-state index in [-0.39, 0.29) is 0 Å². The Bertz CT molecular complexity index is 834. The highest BCUT2D eigenvalue weighted by atomic mass is 35.5. The maximum Gasteiger partial charge on any atom is 0.242 e. The lowest BCUT2D eigenvalue weighted by Gasteiger charge is -2.15. The third kappa shape index (κ3) is 4.93. The van der Waals surface area contributed by atoms with Crippen LogP contribution < -0.4 is 10.1 Å². The predicted molar refractivity (Wildman–Crippen MR) is 97.9 cm³/mol. The summed E-state index contributed by atoms with van der Waals surface area (Å²) in [5.41, 5.74) is 0.388. The number of sulfone groups is 1. The van der Waals surface area contributed by atoms with Crippen molar-refractivity contribution in [2.24, 2.45) is 0 Å². The molecule has 0 saturated heterocycles. The molecule has 0 aliphatic heterocycles. The van der Waals surface area contributed by atoms with Gasteiger partial charge in [-0.2, -0.15) is 0 Å². The Hall–Kier alpha value is -2.12. The molecule has 1 amide bonds. The average Bonchev–Trinajstić information content (AvgIpc) is 2.57. The van der Waals surface area contributed by atoms with Crippen LogP contribution in [0.4, 0.5) is 5.69 Å². The van der Waals surface area contributed by atoms with Gasteiger partial charge in [-0.3, -0.25) is 4.79 Å². The summed E-state index contributed by atoms with van der Waals surface area (Å²) in [6.45, 7) is 4.46. The number of benzene rings is 1. The van der Waals surface area contributed by atoms with Crippen LogP contribution in [-0.4, -0.2) is 29.8 Å². The first-order valence-electron chi connectivity index (χ1n) is 7.63. The molecule has 0 aliphatic carbocycles. The van der Waals surface area contributed by atoms with Crippen LogP contribution in [0.1, 0.15) is 20.8 Å². The van der Waals surface area contributed by atoms with Gasteiger partial charge in [-0.25, -0.2) is 13.4 Å². The minimum atomic E-state index is -3.52. The summed E-state index contributed by atoms with van der Waals surface area (Å²) >= 11 is 5.81. The fourth-order valence-electron chi connectivity index (χ4n) is 1.94. The lowest BCUT2D eigenvalue weighted by molar-refractivity contribution is -0.115. The first-order valence-corrected chi connectivity index (χ1v) is 9.62. The number of nitrogens with zero attached hydrogens (tertiary/aromatic N) is 1. The highest BCUT2D eigenvalue weighted by Crippen LogP contribution is 2.22. The summed E-state index contributed by atoms with van der Waals surface area (Å²) in [6, 6.07) is 9.97. The average molecular weight is 383 g/mol. The fourth-order valence-corrected chi connectivity index (χ4v) is 3.24. The molecular formula is C17H19ClN2O4S. The first kappa shape index (κ1) is 19.2. The van der Waals surface area contributed by atoms with Gasteiger partial charge in [-0.1, -0.05) is 11.6 Å². The molecule has 1 unspecified atom stereocenters. The van der Waals surface area contributed by atoms with E-state index in [4.69, 9.17) is 16.3 Å². The monoisotopic (exact) mass is 382 g/mol. The molecular weight excluding hydrogens is 364 g/mol. The Morgan fingerprint density at radius 3 is 2.28 bits per heavy atom. The summed E-state index contributed by atoms with van der Waals surface area (Å²) in [5, 5.41) is 1.38. The Morgan fingerprint density at radius 1 is 1.12 bits per heavy atom. The number of carbonyl (C=O) groups is 1. The lowest BCUT2D eigenvalue weighted by Crippen LogP contribution is -2.36. The molecule has 1 N–H and O–H groups in total. The number of rotatable bonds is 6. The molecule has 0 bridgehead atoms. The van der Waals surface area contributed by atoms with Crippen LogP contribution in [-0.2, 0) is 14.6 Å². The molecule has 0 radical (unpaired) electrons. The Labute approximate surface area is 152 Å². The second kappa shape index (κ2) is 7.84. The zero-order valence-electron chi connectivity index (χ0n) is 14.1. The van der Waals surface area contributed by atoms with Crippen LogP contribution >= 0.6 is 11.6 Å². The van der Waals surface area contributed by atoms with Gasteiger partial charge in [0, 0.05) is 11.1 Å². The van der Waals surface area contributed by atoms with Crippen LogP contribution in [0.3, 0.4) is 0 Å². The van der Waals surface area contributed by atoms with Crippen molar-refractivity contribution in [3.05, 3.63) is 47.6 Å². The number of carbonyl (C=O) groups excluding carboxylic acids is 1. The molecule has 1 atom stereocenters. The van der Waals surface area contributed by atoms with Crippen molar-refractivity contribution in [1.29, 1.82) is 0 Å². The van der Waals surface area contributed by atoms with E-state index in [0.717, 1.165) is 0 Å². The van der Waals surface area contributed by atoms with Gasteiger partial charge in [-0.15, -0.1) is 0 Å². The van der Waals surface area contributed by atoms with Crippen LogP contribution in [0.2, 0.25) is 5.02 Å². The number of pyridine rings is 1. The predicted octanol–water partition coefficient (Wildman–Crippen LogP) is 3.68. The van der Waals surface area contributed by atoms with Gasteiger partial charge in [0.05, 0.1) is 17.1 Å². The second-order valence-electron chi connectivity index (χ2n) is 5.71. The third-order valence-corrected chi connectivity index (χ3v) is 6.32. The van der Waals surface area contributed by atoms with Crippen molar-refractivity contribution >= 4 is 33.0 Å². The molecule has 0 aliphatic rings. The van der Waals surface area contributed by atoms with E-state index in [1.807, 2.05) is 0 Å². The largest absolute Gasteiger partial charge is 0.439 e. The Balaban J connectivity index is 2.02. The maximum absolute atomic E-state index is 12.1. The molecule has 134 valence electrons. The molecule has 1 aromatic carbocycles. The van der Waals surface area contributed by atoms with Gasteiger partial charge < -0.3 is 10.1 Å². The van der Waals surface area contributed by atoms with Gasteiger partial charge in [0.1, 0.15) is 11.0 Å². The number of halogens is 1. The number of hydrogen-bond acceptors (Lipinski definition) is 5. The number of anilines is 1. The molecule has 2 aromatic rings. The first-order chi connectivity index (χ1) is 11.7.